The molecule has 0 aromatic carbocycles. The van der Waals surface area contributed by atoms with Crippen LogP contribution in [0.5, 0.6) is 0 Å². The van der Waals surface area contributed by atoms with E-state index < -0.39 is 5.60 Å². The zero-order chi connectivity index (χ0) is 10.9. The third-order valence-electron chi connectivity index (χ3n) is 2.04. The highest BCUT2D eigenvalue weighted by atomic mass is 32.1. The fraction of sp³-hybridized carbons (Fsp3) is 0.273. The van der Waals surface area contributed by atoms with Gasteiger partial charge >= 0.3 is 0 Å². The number of aromatic nitrogens is 2. The molecule has 15 heavy (non-hydrogen) atoms. The predicted molar refractivity (Wildman–Crippen MR) is 60.6 cm³/mol. The molecule has 0 amide bonds. The van der Waals surface area contributed by atoms with Crippen molar-refractivity contribution >= 4 is 11.3 Å². The maximum atomic E-state index is 9.81. The molecule has 0 unspecified atom stereocenters. The SMILES string of the molecule is CC(C)(O)c1cnc(-c2ccncc2)s1. The molecule has 0 aliphatic carbocycles. The molecule has 3 nitrogen and oxygen atoms in total. The van der Waals surface area contributed by atoms with Gasteiger partial charge in [0.25, 0.3) is 0 Å². The molecular weight excluding hydrogens is 208 g/mol. The van der Waals surface area contributed by atoms with Gasteiger partial charge in [0.2, 0.25) is 0 Å². The van der Waals surface area contributed by atoms with Gasteiger partial charge in [-0.1, -0.05) is 0 Å². The van der Waals surface area contributed by atoms with Crippen LogP contribution >= 0.6 is 11.3 Å². The molecule has 0 radical (unpaired) electrons. The summed E-state index contributed by atoms with van der Waals surface area (Å²) in [6.45, 7) is 3.52. The van der Waals surface area contributed by atoms with Crippen molar-refractivity contribution in [1.82, 2.24) is 9.97 Å². The van der Waals surface area contributed by atoms with E-state index in [4.69, 9.17) is 0 Å². The van der Waals surface area contributed by atoms with Gasteiger partial charge in [-0.05, 0) is 26.0 Å². The van der Waals surface area contributed by atoms with Crippen molar-refractivity contribution in [2.24, 2.45) is 0 Å². The molecule has 4 heteroatoms. The fourth-order valence-corrected chi connectivity index (χ4v) is 2.11. The molecule has 0 saturated carbocycles. The van der Waals surface area contributed by atoms with Crippen molar-refractivity contribution in [3.05, 3.63) is 35.6 Å². The second-order valence-corrected chi connectivity index (χ2v) is 4.86. The monoisotopic (exact) mass is 220 g/mol. The minimum absolute atomic E-state index is 0.817. The van der Waals surface area contributed by atoms with E-state index in [1.54, 1.807) is 32.4 Å². The summed E-state index contributed by atoms with van der Waals surface area (Å²) in [5.41, 5.74) is 0.216. The molecule has 0 aliphatic heterocycles. The van der Waals surface area contributed by atoms with Crippen LogP contribution in [0.2, 0.25) is 0 Å². The summed E-state index contributed by atoms with van der Waals surface area (Å²) < 4.78 is 0. The Morgan fingerprint density at radius 2 is 1.93 bits per heavy atom. The molecule has 2 aromatic heterocycles. The van der Waals surface area contributed by atoms with Crippen molar-refractivity contribution in [3.8, 4) is 10.6 Å². The quantitative estimate of drug-likeness (QED) is 0.845. The largest absolute Gasteiger partial charge is 0.385 e. The van der Waals surface area contributed by atoms with Crippen LogP contribution in [0.25, 0.3) is 10.6 Å². The van der Waals surface area contributed by atoms with Gasteiger partial charge < -0.3 is 5.11 Å². The molecule has 2 rings (SSSR count). The molecule has 1 N–H and O–H groups in total. The lowest BCUT2D eigenvalue weighted by Gasteiger charge is -2.13. The molecule has 0 saturated heterocycles. The number of hydrogen-bond acceptors (Lipinski definition) is 4. The van der Waals surface area contributed by atoms with Crippen LogP contribution in [0.4, 0.5) is 0 Å². The van der Waals surface area contributed by atoms with E-state index in [-0.39, 0.29) is 0 Å². The molecule has 0 atom stereocenters. The number of nitrogens with zero attached hydrogens (tertiary/aromatic N) is 2. The molecule has 0 aliphatic rings. The standard InChI is InChI=1S/C11H12N2OS/c1-11(2,14)9-7-13-10(15-9)8-3-5-12-6-4-8/h3-7,14H,1-2H3. The number of aliphatic hydroxyl groups is 1. The molecule has 2 heterocycles. The lowest BCUT2D eigenvalue weighted by Crippen LogP contribution is -2.12. The van der Waals surface area contributed by atoms with Crippen molar-refractivity contribution in [2.45, 2.75) is 19.4 Å². The zero-order valence-electron chi connectivity index (χ0n) is 8.64. The summed E-state index contributed by atoms with van der Waals surface area (Å²) in [5.74, 6) is 0. The fourth-order valence-electron chi connectivity index (χ4n) is 1.18. The highest BCUT2D eigenvalue weighted by Gasteiger charge is 2.19. The summed E-state index contributed by atoms with van der Waals surface area (Å²) in [5, 5.41) is 10.7. The van der Waals surface area contributed by atoms with E-state index in [2.05, 4.69) is 9.97 Å². The first kappa shape index (κ1) is 10.3. The van der Waals surface area contributed by atoms with E-state index in [1.165, 1.54) is 11.3 Å². The highest BCUT2D eigenvalue weighted by molar-refractivity contribution is 7.15. The highest BCUT2D eigenvalue weighted by Crippen LogP contribution is 2.30. The molecule has 0 spiro atoms. The van der Waals surface area contributed by atoms with Crippen LogP contribution in [0.15, 0.2) is 30.7 Å². The first-order valence-corrected chi connectivity index (χ1v) is 5.48. The van der Waals surface area contributed by atoms with Gasteiger partial charge in [0.05, 0.1) is 10.5 Å². The van der Waals surface area contributed by atoms with Gasteiger partial charge in [-0.15, -0.1) is 11.3 Å². The summed E-state index contributed by atoms with van der Waals surface area (Å²) >= 11 is 1.50. The summed E-state index contributed by atoms with van der Waals surface area (Å²) in [6.07, 6.45) is 5.20. The van der Waals surface area contributed by atoms with E-state index in [0.29, 0.717) is 0 Å². The first-order chi connectivity index (χ1) is 7.07. The van der Waals surface area contributed by atoms with Gasteiger partial charge in [-0.25, -0.2) is 4.98 Å². The number of hydrogen-bond donors (Lipinski definition) is 1. The van der Waals surface area contributed by atoms with E-state index in [1.807, 2.05) is 12.1 Å². The average molecular weight is 220 g/mol. The Morgan fingerprint density at radius 1 is 1.27 bits per heavy atom. The average Bonchev–Trinajstić information content (AvgIpc) is 2.67. The van der Waals surface area contributed by atoms with Crippen molar-refractivity contribution < 1.29 is 5.11 Å². The number of rotatable bonds is 2. The maximum Gasteiger partial charge on any atom is 0.123 e. The zero-order valence-corrected chi connectivity index (χ0v) is 9.45. The third-order valence-corrected chi connectivity index (χ3v) is 3.40. The molecular formula is C11H12N2OS. The summed E-state index contributed by atoms with van der Waals surface area (Å²) in [7, 11) is 0. The lowest BCUT2D eigenvalue weighted by atomic mass is 10.1. The molecule has 2 aromatic rings. The lowest BCUT2D eigenvalue weighted by molar-refractivity contribution is 0.0823. The Labute approximate surface area is 92.5 Å². The van der Waals surface area contributed by atoms with Crippen LogP contribution < -0.4 is 0 Å². The van der Waals surface area contributed by atoms with Gasteiger partial charge in [0, 0.05) is 24.2 Å². The van der Waals surface area contributed by atoms with Crippen molar-refractivity contribution in [1.29, 1.82) is 0 Å². The van der Waals surface area contributed by atoms with Gasteiger partial charge in [-0.2, -0.15) is 0 Å². The molecule has 0 bridgehead atoms. The van der Waals surface area contributed by atoms with Crippen LogP contribution in [0, 0.1) is 0 Å². The summed E-state index contributed by atoms with van der Waals surface area (Å²) in [6, 6.07) is 3.82. The Kier molecular flexibility index (Phi) is 2.54. The minimum Gasteiger partial charge on any atom is -0.385 e. The first-order valence-electron chi connectivity index (χ1n) is 4.66. The Morgan fingerprint density at radius 3 is 2.47 bits per heavy atom. The summed E-state index contributed by atoms with van der Waals surface area (Å²) in [4.78, 5) is 9.11. The van der Waals surface area contributed by atoms with Crippen LogP contribution in [0.3, 0.4) is 0 Å². The Bertz CT molecular complexity index is 445. The third kappa shape index (κ3) is 2.22. The Balaban J connectivity index is 2.37. The van der Waals surface area contributed by atoms with Crippen molar-refractivity contribution in [3.63, 3.8) is 0 Å². The minimum atomic E-state index is -0.817. The molecule has 78 valence electrons. The Hall–Kier alpha value is -1.26. The smallest absolute Gasteiger partial charge is 0.123 e. The van der Waals surface area contributed by atoms with Gasteiger partial charge in [-0.3, -0.25) is 4.98 Å². The van der Waals surface area contributed by atoms with Gasteiger partial charge in [0.1, 0.15) is 5.01 Å². The predicted octanol–water partition coefficient (Wildman–Crippen LogP) is 2.43. The van der Waals surface area contributed by atoms with Crippen molar-refractivity contribution in [2.75, 3.05) is 0 Å². The normalized spacial score (nSPS) is 11.7. The second kappa shape index (κ2) is 3.72. The van der Waals surface area contributed by atoms with Gasteiger partial charge in [0.15, 0.2) is 0 Å². The number of pyridine rings is 1. The number of thiazole rings is 1. The van der Waals surface area contributed by atoms with E-state index >= 15 is 0 Å². The maximum absolute atomic E-state index is 9.81. The topological polar surface area (TPSA) is 46.0 Å². The second-order valence-electron chi connectivity index (χ2n) is 3.82. The van der Waals surface area contributed by atoms with Crippen LogP contribution in [0.1, 0.15) is 18.7 Å². The van der Waals surface area contributed by atoms with E-state index in [9.17, 15) is 5.11 Å². The van der Waals surface area contributed by atoms with Crippen LogP contribution in [-0.2, 0) is 5.60 Å². The van der Waals surface area contributed by atoms with E-state index in [0.717, 1.165) is 15.4 Å². The molecule has 0 fully saturated rings. The van der Waals surface area contributed by atoms with Crippen LogP contribution in [-0.4, -0.2) is 15.1 Å².